The quantitative estimate of drug-likeness (QED) is 0.497. The smallest absolute Gasteiger partial charge is 0.253 e. The molecular formula is C23H25ClN4O3. The third-order valence-corrected chi connectivity index (χ3v) is 5.33. The van der Waals surface area contributed by atoms with Crippen LogP contribution < -0.4 is 14.8 Å². The molecule has 0 radical (unpaired) electrons. The zero-order valence-corrected chi connectivity index (χ0v) is 18.4. The van der Waals surface area contributed by atoms with Crippen LogP contribution in [0.25, 0.3) is 22.8 Å². The number of unbranched alkanes of at least 4 members (excludes halogenated alkanes) is 1. The number of fused-ring (bicyclic) bond motifs is 1. The van der Waals surface area contributed by atoms with Crippen molar-refractivity contribution in [3.8, 4) is 34.3 Å². The SMILES string of the molecule is CCCCOc1c(Cl)cc(-c2nccc(-c3cc4c([nH]3)CCNC4=O)n2)cc1OCC. The summed E-state index contributed by atoms with van der Waals surface area (Å²) in [7, 11) is 0. The molecule has 162 valence electrons. The zero-order chi connectivity index (χ0) is 21.8. The topological polar surface area (TPSA) is 89.1 Å². The highest BCUT2D eigenvalue weighted by atomic mass is 35.5. The minimum Gasteiger partial charge on any atom is -0.490 e. The highest BCUT2D eigenvalue weighted by molar-refractivity contribution is 6.32. The lowest BCUT2D eigenvalue weighted by atomic mass is 10.1. The summed E-state index contributed by atoms with van der Waals surface area (Å²) in [4.78, 5) is 24.5. The Bertz CT molecular complexity index is 1100. The summed E-state index contributed by atoms with van der Waals surface area (Å²) >= 11 is 6.53. The van der Waals surface area contributed by atoms with E-state index in [1.54, 1.807) is 12.3 Å². The predicted octanol–water partition coefficient (Wildman–Crippen LogP) is 4.66. The van der Waals surface area contributed by atoms with Crippen LogP contribution in [0.2, 0.25) is 5.02 Å². The van der Waals surface area contributed by atoms with Gasteiger partial charge < -0.3 is 19.8 Å². The fraction of sp³-hybridized carbons (Fsp3) is 0.348. The number of carbonyl (C=O) groups is 1. The van der Waals surface area contributed by atoms with Crippen molar-refractivity contribution < 1.29 is 14.3 Å². The number of amides is 1. The van der Waals surface area contributed by atoms with Crippen LogP contribution in [-0.4, -0.2) is 40.6 Å². The molecule has 0 atom stereocenters. The number of rotatable bonds is 8. The van der Waals surface area contributed by atoms with Gasteiger partial charge >= 0.3 is 0 Å². The molecule has 31 heavy (non-hydrogen) atoms. The minimum atomic E-state index is -0.0650. The second-order valence-electron chi connectivity index (χ2n) is 7.27. The van der Waals surface area contributed by atoms with E-state index in [4.69, 9.17) is 26.1 Å². The van der Waals surface area contributed by atoms with Gasteiger partial charge in [-0.05, 0) is 37.6 Å². The van der Waals surface area contributed by atoms with E-state index >= 15 is 0 Å². The van der Waals surface area contributed by atoms with Gasteiger partial charge in [-0.3, -0.25) is 4.79 Å². The fourth-order valence-corrected chi connectivity index (χ4v) is 3.76. The molecule has 1 aliphatic rings. The Morgan fingerprint density at radius 1 is 1.19 bits per heavy atom. The number of nitrogens with one attached hydrogen (secondary N) is 2. The molecule has 0 aliphatic carbocycles. The molecule has 2 aromatic heterocycles. The number of benzene rings is 1. The molecule has 1 aromatic carbocycles. The van der Waals surface area contributed by atoms with Crippen LogP contribution in [0.1, 0.15) is 42.7 Å². The molecule has 1 aliphatic heterocycles. The van der Waals surface area contributed by atoms with Gasteiger partial charge in [0.1, 0.15) is 0 Å². The van der Waals surface area contributed by atoms with Crippen LogP contribution in [0.5, 0.6) is 11.5 Å². The maximum atomic E-state index is 12.1. The third kappa shape index (κ3) is 4.51. The Labute approximate surface area is 186 Å². The monoisotopic (exact) mass is 440 g/mol. The molecule has 0 fully saturated rings. The molecular weight excluding hydrogens is 416 g/mol. The van der Waals surface area contributed by atoms with Gasteiger partial charge in [-0.1, -0.05) is 24.9 Å². The van der Waals surface area contributed by atoms with Crippen molar-refractivity contribution in [2.24, 2.45) is 0 Å². The summed E-state index contributed by atoms with van der Waals surface area (Å²) in [6, 6.07) is 7.28. The molecule has 7 nitrogen and oxygen atoms in total. The lowest BCUT2D eigenvalue weighted by Crippen LogP contribution is -2.31. The van der Waals surface area contributed by atoms with E-state index in [9.17, 15) is 4.79 Å². The Hall–Kier alpha value is -3.06. The van der Waals surface area contributed by atoms with Crippen molar-refractivity contribution in [2.75, 3.05) is 19.8 Å². The standard InChI is InChI=1S/C23H25ClN4O3/c1-3-5-10-31-21-16(24)11-14(12-20(21)30-4-2)22-25-8-7-18(28-22)19-13-15-17(27-19)6-9-26-23(15)29/h7-8,11-13,27H,3-6,9-10H2,1-2H3,(H,26,29). The van der Waals surface area contributed by atoms with Crippen LogP contribution in [0.15, 0.2) is 30.5 Å². The number of aromatic amines is 1. The molecule has 2 N–H and O–H groups in total. The van der Waals surface area contributed by atoms with Crippen molar-refractivity contribution in [3.63, 3.8) is 0 Å². The van der Waals surface area contributed by atoms with Crippen LogP contribution in [0.4, 0.5) is 0 Å². The first kappa shape index (κ1) is 21.2. The fourth-order valence-electron chi connectivity index (χ4n) is 3.50. The van der Waals surface area contributed by atoms with Crippen molar-refractivity contribution in [1.82, 2.24) is 20.3 Å². The average Bonchev–Trinajstić information content (AvgIpc) is 3.22. The third-order valence-electron chi connectivity index (χ3n) is 5.05. The van der Waals surface area contributed by atoms with Crippen molar-refractivity contribution in [1.29, 1.82) is 0 Å². The van der Waals surface area contributed by atoms with E-state index in [0.29, 0.717) is 53.4 Å². The normalized spacial score (nSPS) is 12.9. The minimum absolute atomic E-state index is 0.0650. The number of H-pyrrole nitrogens is 1. The van der Waals surface area contributed by atoms with Crippen molar-refractivity contribution in [3.05, 3.63) is 46.7 Å². The summed E-state index contributed by atoms with van der Waals surface area (Å²) in [6.07, 6.45) is 4.43. The van der Waals surface area contributed by atoms with Gasteiger partial charge in [-0.25, -0.2) is 9.97 Å². The highest BCUT2D eigenvalue weighted by Crippen LogP contribution is 2.39. The van der Waals surface area contributed by atoms with Crippen LogP contribution in [0, 0.1) is 0 Å². The Balaban J connectivity index is 1.68. The van der Waals surface area contributed by atoms with Gasteiger partial charge in [0.15, 0.2) is 17.3 Å². The van der Waals surface area contributed by atoms with Gasteiger partial charge in [0, 0.05) is 30.4 Å². The van der Waals surface area contributed by atoms with E-state index in [0.717, 1.165) is 36.2 Å². The number of ether oxygens (including phenoxy) is 2. The zero-order valence-electron chi connectivity index (χ0n) is 17.6. The predicted molar refractivity (Wildman–Crippen MR) is 120 cm³/mol. The summed E-state index contributed by atoms with van der Waals surface area (Å²) in [6.45, 7) is 5.71. The van der Waals surface area contributed by atoms with E-state index in [1.165, 1.54) is 0 Å². The first-order chi connectivity index (χ1) is 15.1. The first-order valence-electron chi connectivity index (χ1n) is 10.5. The second-order valence-corrected chi connectivity index (χ2v) is 7.67. The molecule has 3 aromatic rings. The molecule has 4 rings (SSSR count). The number of nitrogens with zero attached hydrogens (tertiary/aromatic N) is 2. The molecule has 0 spiro atoms. The first-order valence-corrected chi connectivity index (χ1v) is 10.9. The number of aromatic nitrogens is 3. The lowest BCUT2D eigenvalue weighted by Gasteiger charge is -2.15. The van der Waals surface area contributed by atoms with Crippen LogP contribution in [-0.2, 0) is 6.42 Å². The second kappa shape index (κ2) is 9.39. The Morgan fingerprint density at radius 3 is 2.84 bits per heavy atom. The maximum Gasteiger partial charge on any atom is 0.253 e. The van der Waals surface area contributed by atoms with Gasteiger partial charge in [-0.15, -0.1) is 0 Å². The number of carbonyl (C=O) groups excluding carboxylic acids is 1. The van der Waals surface area contributed by atoms with Crippen LogP contribution >= 0.6 is 11.6 Å². The molecule has 8 heteroatoms. The Kier molecular flexibility index (Phi) is 6.42. The lowest BCUT2D eigenvalue weighted by molar-refractivity contribution is 0.0946. The largest absolute Gasteiger partial charge is 0.490 e. The summed E-state index contributed by atoms with van der Waals surface area (Å²) < 4.78 is 11.6. The van der Waals surface area contributed by atoms with Crippen molar-refractivity contribution >= 4 is 17.5 Å². The Morgan fingerprint density at radius 2 is 2.06 bits per heavy atom. The summed E-state index contributed by atoms with van der Waals surface area (Å²) in [5.41, 5.74) is 3.80. The molecule has 0 saturated heterocycles. The van der Waals surface area contributed by atoms with Gasteiger partial charge in [-0.2, -0.15) is 0 Å². The molecule has 3 heterocycles. The average molecular weight is 441 g/mol. The molecule has 0 saturated carbocycles. The summed E-state index contributed by atoms with van der Waals surface area (Å²) in [5.74, 6) is 1.56. The van der Waals surface area contributed by atoms with Gasteiger partial charge in [0.2, 0.25) is 0 Å². The summed E-state index contributed by atoms with van der Waals surface area (Å²) in [5, 5.41) is 3.31. The molecule has 0 unspecified atom stereocenters. The van der Waals surface area contributed by atoms with E-state index in [2.05, 4.69) is 22.2 Å². The van der Waals surface area contributed by atoms with E-state index in [-0.39, 0.29) is 5.91 Å². The number of hydrogen-bond donors (Lipinski definition) is 2. The van der Waals surface area contributed by atoms with Gasteiger partial charge in [0.05, 0.1) is 35.2 Å². The van der Waals surface area contributed by atoms with Gasteiger partial charge in [0.25, 0.3) is 5.91 Å². The van der Waals surface area contributed by atoms with E-state index in [1.807, 2.05) is 25.1 Å². The molecule has 0 bridgehead atoms. The number of halogens is 1. The maximum absolute atomic E-state index is 12.1. The van der Waals surface area contributed by atoms with Crippen LogP contribution in [0.3, 0.4) is 0 Å². The van der Waals surface area contributed by atoms with E-state index < -0.39 is 0 Å². The van der Waals surface area contributed by atoms with Crippen molar-refractivity contribution in [2.45, 2.75) is 33.1 Å². The highest BCUT2D eigenvalue weighted by Gasteiger charge is 2.21. The molecule has 1 amide bonds. The number of hydrogen-bond acceptors (Lipinski definition) is 5.